The van der Waals surface area contributed by atoms with Gasteiger partial charge >= 0.3 is 0 Å². The van der Waals surface area contributed by atoms with Crippen molar-refractivity contribution >= 4 is 17.6 Å². The van der Waals surface area contributed by atoms with Crippen molar-refractivity contribution in [3.05, 3.63) is 52.8 Å². The maximum atomic E-state index is 13.0. The van der Waals surface area contributed by atoms with Crippen molar-refractivity contribution in [3.63, 3.8) is 0 Å². The smallest absolute Gasteiger partial charge is 0.254 e. The predicted molar refractivity (Wildman–Crippen MR) is 108 cm³/mol. The number of likely N-dealkylation sites (tertiary alicyclic amines) is 1. The number of hydrogen-bond donors (Lipinski definition) is 1. The summed E-state index contributed by atoms with van der Waals surface area (Å²) in [7, 11) is 0. The van der Waals surface area contributed by atoms with Crippen LogP contribution in [0.5, 0.6) is 0 Å². The van der Waals surface area contributed by atoms with Crippen LogP contribution < -0.4 is 5.73 Å². The number of amides is 1. The van der Waals surface area contributed by atoms with Gasteiger partial charge in [0.2, 0.25) is 11.9 Å². The quantitative estimate of drug-likeness (QED) is 0.737. The third kappa shape index (κ3) is 3.56. The third-order valence-corrected chi connectivity index (χ3v) is 5.67. The molecule has 1 aliphatic heterocycles. The average molecular weight is 378 g/mol. The van der Waals surface area contributed by atoms with Gasteiger partial charge in [-0.05, 0) is 50.7 Å². The second kappa shape index (κ2) is 7.58. The van der Waals surface area contributed by atoms with Crippen molar-refractivity contribution < 1.29 is 4.79 Å². The Hall–Kier alpha value is -2.96. The minimum absolute atomic E-state index is 0.212. The van der Waals surface area contributed by atoms with Gasteiger partial charge in [0.1, 0.15) is 0 Å². The van der Waals surface area contributed by atoms with E-state index in [1.807, 2.05) is 19.9 Å². The van der Waals surface area contributed by atoms with Gasteiger partial charge in [-0.3, -0.25) is 4.79 Å². The summed E-state index contributed by atoms with van der Waals surface area (Å²) in [4.78, 5) is 23.6. The summed E-state index contributed by atoms with van der Waals surface area (Å²) < 4.78 is 1.66. The molecular weight excluding hydrogens is 352 g/mol. The average Bonchev–Trinajstić information content (AvgIpc) is 3.28. The van der Waals surface area contributed by atoms with Gasteiger partial charge in [-0.15, -0.1) is 5.10 Å². The largest absolute Gasteiger partial charge is 0.366 e. The van der Waals surface area contributed by atoms with Crippen LogP contribution in [0, 0.1) is 13.8 Å². The van der Waals surface area contributed by atoms with E-state index in [1.54, 1.807) is 4.52 Å². The number of nitrogens with two attached hydrogens (primary N) is 1. The first-order valence-electron chi connectivity index (χ1n) is 9.84. The topological polar surface area (TPSA) is 89.4 Å². The molecule has 146 valence electrons. The summed E-state index contributed by atoms with van der Waals surface area (Å²) in [6.07, 6.45) is 4.20. The minimum atomic E-state index is 0.212. The molecule has 3 aromatic rings. The molecule has 2 N–H and O–H groups in total. The van der Waals surface area contributed by atoms with Crippen molar-refractivity contribution in [1.29, 1.82) is 0 Å². The van der Waals surface area contributed by atoms with Gasteiger partial charge in [0.15, 0.2) is 0 Å². The molecule has 7 heteroatoms. The Morgan fingerprint density at radius 3 is 2.79 bits per heavy atom. The highest BCUT2D eigenvalue weighted by Crippen LogP contribution is 2.23. The normalized spacial score (nSPS) is 16.8. The number of anilines is 1. The van der Waals surface area contributed by atoms with Crippen molar-refractivity contribution in [3.8, 4) is 0 Å². The van der Waals surface area contributed by atoms with E-state index in [0.29, 0.717) is 24.7 Å². The van der Waals surface area contributed by atoms with Crippen LogP contribution in [0.3, 0.4) is 0 Å². The van der Waals surface area contributed by atoms with E-state index >= 15 is 0 Å². The number of hydrogen-bond acceptors (Lipinski definition) is 5. The zero-order valence-corrected chi connectivity index (χ0v) is 16.4. The van der Waals surface area contributed by atoms with Gasteiger partial charge in [-0.2, -0.15) is 9.50 Å². The molecule has 0 radical (unpaired) electrons. The lowest BCUT2D eigenvalue weighted by atomic mass is 10.0. The number of carbonyl (C=O) groups excluding carboxylic acids is 1. The van der Waals surface area contributed by atoms with Crippen LogP contribution in [-0.2, 0) is 17.6 Å². The summed E-state index contributed by atoms with van der Waals surface area (Å²) in [5.41, 5.74) is 9.86. The van der Waals surface area contributed by atoms with E-state index in [1.165, 1.54) is 5.56 Å². The maximum Gasteiger partial charge on any atom is 0.254 e. The molecule has 1 saturated heterocycles. The SMILES string of the molecule is Cc1nc2nc(N)nn2c(C)c1CCC(=O)N1CCCC1Cc1ccccc1. The Morgan fingerprint density at radius 1 is 1.21 bits per heavy atom. The Balaban J connectivity index is 1.46. The fourth-order valence-electron chi connectivity index (χ4n) is 4.22. The highest BCUT2D eigenvalue weighted by Gasteiger charge is 2.28. The fraction of sp³-hybridized carbons (Fsp3) is 0.429. The van der Waals surface area contributed by atoms with Crippen molar-refractivity contribution in [2.45, 2.75) is 52.0 Å². The van der Waals surface area contributed by atoms with Gasteiger partial charge < -0.3 is 10.6 Å². The first kappa shape index (κ1) is 18.4. The summed E-state index contributed by atoms with van der Waals surface area (Å²) in [6, 6.07) is 10.7. The zero-order valence-electron chi connectivity index (χ0n) is 16.4. The molecule has 7 nitrogen and oxygen atoms in total. The second-order valence-corrected chi connectivity index (χ2v) is 7.52. The van der Waals surface area contributed by atoms with E-state index in [4.69, 9.17) is 5.73 Å². The third-order valence-electron chi connectivity index (χ3n) is 5.67. The Labute approximate surface area is 164 Å². The number of nitrogen functional groups attached to an aromatic ring is 1. The minimum Gasteiger partial charge on any atom is -0.366 e. The van der Waals surface area contributed by atoms with Crippen LogP contribution in [0.2, 0.25) is 0 Å². The molecule has 3 heterocycles. The van der Waals surface area contributed by atoms with Gasteiger partial charge in [0, 0.05) is 30.4 Å². The van der Waals surface area contributed by atoms with Crippen molar-refractivity contribution in [2.24, 2.45) is 0 Å². The fourth-order valence-corrected chi connectivity index (χ4v) is 4.22. The van der Waals surface area contributed by atoms with E-state index in [9.17, 15) is 4.79 Å². The van der Waals surface area contributed by atoms with Crippen LogP contribution >= 0.6 is 0 Å². The summed E-state index contributed by atoms with van der Waals surface area (Å²) in [5, 5.41) is 4.20. The predicted octanol–water partition coefficient (Wildman–Crippen LogP) is 2.49. The molecule has 28 heavy (non-hydrogen) atoms. The first-order chi connectivity index (χ1) is 13.5. The van der Waals surface area contributed by atoms with E-state index in [-0.39, 0.29) is 11.9 Å². The van der Waals surface area contributed by atoms with E-state index in [0.717, 1.165) is 42.8 Å². The molecule has 1 unspecified atom stereocenters. The van der Waals surface area contributed by atoms with E-state index in [2.05, 4.69) is 44.2 Å². The number of fused-ring (bicyclic) bond motifs is 1. The van der Waals surface area contributed by atoms with Gasteiger partial charge in [0.05, 0.1) is 0 Å². The molecule has 1 fully saturated rings. The Morgan fingerprint density at radius 2 is 2.00 bits per heavy atom. The monoisotopic (exact) mass is 378 g/mol. The molecular formula is C21H26N6O. The molecule has 1 atom stereocenters. The summed E-state index contributed by atoms with van der Waals surface area (Å²) >= 11 is 0. The Bertz CT molecular complexity index is 997. The zero-order chi connectivity index (χ0) is 19.7. The molecule has 0 spiro atoms. The van der Waals surface area contributed by atoms with Crippen LogP contribution in [-0.4, -0.2) is 43.0 Å². The second-order valence-electron chi connectivity index (χ2n) is 7.52. The van der Waals surface area contributed by atoms with Gasteiger partial charge in [-0.1, -0.05) is 30.3 Å². The molecule has 0 aliphatic carbocycles. The standard InChI is InChI=1S/C21H26N6O/c1-14-18(15(2)27-21(23-14)24-20(22)25-27)10-11-19(28)26-12-6-9-17(26)13-16-7-4-3-5-8-16/h3-5,7-8,17H,6,9-13H2,1-2H3,(H2,22,25). The highest BCUT2D eigenvalue weighted by atomic mass is 16.2. The van der Waals surface area contributed by atoms with Crippen LogP contribution in [0.1, 0.15) is 41.8 Å². The van der Waals surface area contributed by atoms with Crippen molar-refractivity contribution in [1.82, 2.24) is 24.5 Å². The molecule has 1 aromatic carbocycles. The molecule has 1 amide bonds. The number of nitrogens with zero attached hydrogens (tertiary/aromatic N) is 5. The molecule has 0 bridgehead atoms. The number of benzene rings is 1. The summed E-state index contributed by atoms with van der Waals surface area (Å²) in [5.74, 6) is 0.935. The van der Waals surface area contributed by atoms with Crippen LogP contribution in [0.25, 0.3) is 5.78 Å². The molecule has 1 aliphatic rings. The lowest BCUT2D eigenvalue weighted by Crippen LogP contribution is -2.37. The first-order valence-corrected chi connectivity index (χ1v) is 9.84. The Kier molecular flexibility index (Phi) is 4.98. The number of aromatic nitrogens is 4. The number of aryl methyl sites for hydroxylation is 2. The molecule has 2 aromatic heterocycles. The van der Waals surface area contributed by atoms with Crippen molar-refractivity contribution in [2.75, 3.05) is 12.3 Å². The molecule has 0 saturated carbocycles. The van der Waals surface area contributed by atoms with Gasteiger partial charge in [0.25, 0.3) is 5.78 Å². The maximum absolute atomic E-state index is 13.0. The van der Waals surface area contributed by atoms with Gasteiger partial charge in [-0.25, -0.2) is 4.98 Å². The molecule has 4 rings (SSSR count). The lowest BCUT2D eigenvalue weighted by molar-refractivity contribution is -0.131. The van der Waals surface area contributed by atoms with Crippen LogP contribution in [0.15, 0.2) is 30.3 Å². The number of carbonyl (C=O) groups is 1. The summed E-state index contributed by atoms with van der Waals surface area (Å²) in [6.45, 7) is 4.78. The van der Waals surface area contributed by atoms with E-state index < -0.39 is 0 Å². The number of rotatable bonds is 5. The highest BCUT2D eigenvalue weighted by molar-refractivity contribution is 5.77. The lowest BCUT2D eigenvalue weighted by Gasteiger charge is -2.25. The van der Waals surface area contributed by atoms with Crippen LogP contribution in [0.4, 0.5) is 5.95 Å².